The molecule has 0 radical (unpaired) electrons. The smallest absolute Gasteiger partial charge is 0.257 e. The number of hydrogen-bond donors (Lipinski definition) is 2. The number of halogens is 2. The number of amides is 1. The first-order valence-electron chi connectivity index (χ1n) is 12.4. The van der Waals surface area contributed by atoms with E-state index >= 15 is 4.39 Å². The number of ether oxygens (including phenoxy) is 1. The highest BCUT2D eigenvalue weighted by molar-refractivity contribution is 6.30. The van der Waals surface area contributed by atoms with Gasteiger partial charge in [-0.2, -0.15) is 5.26 Å². The molecule has 2 heterocycles. The van der Waals surface area contributed by atoms with Crippen LogP contribution in [0.3, 0.4) is 0 Å². The Kier molecular flexibility index (Phi) is 6.74. The van der Waals surface area contributed by atoms with E-state index in [1.165, 1.54) is 37.1 Å². The van der Waals surface area contributed by atoms with E-state index < -0.39 is 35.3 Å². The third-order valence-electron chi connectivity index (χ3n) is 7.19. The fraction of sp³-hybridized carbons (Fsp3) is 0.345. The minimum Gasteiger partial charge on any atom is -0.393 e. The molecule has 3 aromatic rings. The summed E-state index contributed by atoms with van der Waals surface area (Å²) in [5.74, 6) is -1.19. The molecule has 0 saturated heterocycles. The Hall–Kier alpha value is -3.35. The molecule has 9 heteroatoms. The van der Waals surface area contributed by atoms with Gasteiger partial charge in [0, 0.05) is 16.8 Å². The Morgan fingerprint density at radius 3 is 2.55 bits per heavy atom. The van der Waals surface area contributed by atoms with Crippen molar-refractivity contribution in [2.75, 3.05) is 0 Å². The average molecular weight is 536 g/mol. The van der Waals surface area contributed by atoms with Gasteiger partial charge >= 0.3 is 0 Å². The van der Waals surface area contributed by atoms with Crippen molar-refractivity contribution in [3.05, 3.63) is 99.1 Å². The summed E-state index contributed by atoms with van der Waals surface area (Å²) in [6.07, 6.45) is 1.80. The summed E-state index contributed by atoms with van der Waals surface area (Å²) in [7, 11) is 0. The fourth-order valence-corrected chi connectivity index (χ4v) is 5.38. The summed E-state index contributed by atoms with van der Waals surface area (Å²) in [5, 5.41) is 30.5. The molecule has 38 heavy (non-hydrogen) atoms. The summed E-state index contributed by atoms with van der Waals surface area (Å²) in [6, 6.07) is 14.7. The highest BCUT2D eigenvalue weighted by Crippen LogP contribution is 2.50. The van der Waals surface area contributed by atoms with Crippen LogP contribution in [0.5, 0.6) is 0 Å². The minimum atomic E-state index is -1.69. The Bertz CT molecular complexity index is 1420. The predicted molar refractivity (Wildman–Crippen MR) is 137 cm³/mol. The van der Waals surface area contributed by atoms with E-state index in [4.69, 9.17) is 21.6 Å². The number of carbonyl (C=O) groups is 1. The third kappa shape index (κ3) is 4.56. The van der Waals surface area contributed by atoms with Gasteiger partial charge in [0.15, 0.2) is 0 Å². The van der Waals surface area contributed by atoms with Crippen LogP contribution in [0, 0.1) is 17.1 Å². The molecule has 2 aromatic carbocycles. The number of carbonyl (C=O) groups excluding carboxylic acids is 1. The van der Waals surface area contributed by atoms with E-state index in [0.29, 0.717) is 41.1 Å². The number of hydrogen-bond acceptors (Lipinski definition) is 6. The Morgan fingerprint density at radius 2 is 1.97 bits per heavy atom. The van der Waals surface area contributed by atoms with Crippen molar-refractivity contribution in [2.24, 2.45) is 0 Å². The highest BCUT2D eigenvalue weighted by Gasteiger charge is 2.56. The van der Waals surface area contributed by atoms with Crippen molar-refractivity contribution in [3.63, 3.8) is 0 Å². The minimum absolute atomic E-state index is 0.0351. The number of aliphatic hydroxyl groups is 2. The van der Waals surface area contributed by atoms with Crippen molar-refractivity contribution in [1.29, 1.82) is 5.26 Å². The van der Waals surface area contributed by atoms with Gasteiger partial charge in [-0.25, -0.2) is 4.39 Å². The number of pyridine rings is 1. The van der Waals surface area contributed by atoms with Crippen LogP contribution >= 0.6 is 11.6 Å². The van der Waals surface area contributed by atoms with Gasteiger partial charge in [-0.05, 0) is 75.1 Å². The van der Waals surface area contributed by atoms with Crippen molar-refractivity contribution >= 4 is 17.5 Å². The van der Waals surface area contributed by atoms with E-state index in [-0.39, 0.29) is 23.2 Å². The Balaban J connectivity index is 1.75. The summed E-state index contributed by atoms with van der Waals surface area (Å²) in [6.45, 7) is 3.00. The predicted octanol–water partition coefficient (Wildman–Crippen LogP) is 4.76. The number of aliphatic hydroxyl groups excluding tert-OH is 1. The van der Waals surface area contributed by atoms with Crippen LogP contribution in [0.25, 0.3) is 0 Å². The lowest BCUT2D eigenvalue weighted by atomic mass is 9.88. The lowest BCUT2D eigenvalue weighted by Gasteiger charge is -2.41. The molecule has 1 aliphatic carbocycles. The van der Waals surface area contributed by atoms with Crippen LogP contribution in [0.2, 0.25) is 5.02 Å². The quantitative estimate of drug-likeness (QED) is 0.471. The number of aromatic nitrogens is 1. The second-order valence-electron chi connectivity index (χ2n) is 10.3. The van der Waals surface area contributed by atoms with Gasteiger partial charge in [0.05, 0.1) is 46.7 Å². The van der Waals surface area contributed by atoms with Crippen molar-refractivity contribution in [3.8, 4) is 6.07 Å². The summed E-state index contributed by atoms with van der Waals surface area (Å²) >= 11 is 6.19. The Labute approximate surface area is 225 Å². The molecule has 7 nitrogen and oxygen atoms in total. The molecule has 1 fully saturated rings. The summed E-state index contributed by atoms with van der Waals surface area (Å²) in [5.41, 5.74) is -1.40. The van der Waals surface area contributed by atoms with E-state index in [0.717, 1.165) is 0 Å². The lowest BCUT2D eigenvalue weighted by molar-refractivity contribution is -0.149. The van der Waals surface area contributed by atoms with Gasteiger partial charge in [-0.15, -0.1) is 0 Å². The lowest BCUT2D eigenvalue weighted by Crippen LogP contribution is -2.48. The molecular formula is C29H27ClFN3O4. The number of nitrogens with zero attached hydrogens (tertiary/aromatic N) is 3. The van der Waals surface area contributed by atoms with Crippen molar-refractivity contribution < 1.29 is 24.1 Å². The van der Waals surface area contributed by atoms with E-state index in [1.807, 2.05) is 6.07 Å². The van der Waals surface area contributed by atoms with Gasteiger partial charge in [0.25, 0.3) is 5.91 Å². The molecule has 3 atom stereocenters. The summed E-state index contributed by atoms with van der Waals surface area (Å²) < 4.78 is 22.9. The first kappa shape index (κ1) is 26.3. The SMILES string of the molecule is CC(C)(O)c1cc(F)c2c(c1)C(=O)N(Cc1ccc(C#N)cn1)C2(OC1CCC(O)C1)c1ccc(Cl)cc1. The zero-order valence-electron chi connectivity index (χ0n) is 21.0. The van der Waals surface area contributed by atoms with Crippen LogP contribution in [0.15, 0.2) is 54.7 Å². The molecule has 0 bridgehead atoms. The molecule has 196 valence electrons. The molecule has 0 spiro atoms. The number of fused-ring (bicyclic) bond motifs is 1. The third-order valence-corrected chi connectivity index (χ3v) is 7.45. The second-order valence-corrected chi connectivity index (χ2v) is 10.8. The van der Waals surface area contributed by atoms with Crippen LogP contribution in [0.1, 0.15) is 71.4 Å². The molecule has 2 N–H and O–H groups in total. The van der Waals surface area contributed by atoms with Crippen LogP contribution in [-0.2, 0) is 22.6 Å². The molecular weight excluding hydrogens is 509 g/mol. The maximum atomic E-state index is 16.2. The normalized spacial score (nSPS) is 23.0. The number of benzene rings is 2. The maximum Gasteiger partial charge on any atom is 0.257 e. The second kappa shape index (κ2) is 9.75. The molecule has 1 aliphatic heterocycles. The van der Waals surface area contributed by atoms with Gasteiger partial charge in [-0.1, -0.05) is 23.7 Å². The van der Waals surface area contributed by atoms with Gasteiger partial charge < -0.3 is 14.9 Å². The molecule has 2 aliphatic rings. The van der Waals surface area contributed by atoms with Crippen LogP contribution < -0.4 is 0 Å². The van der Waals surface area contributed by atoms with Gasteiger partial charge in [-0.3, -0.25) is 14.7 Å². The standard InChI is InChI=1S/C29H27ClFN3O4/c1-28(2,37)19-11-24-26(25(31)12-19)29(18-4-6-20(30)7-5-18,38-23-10-9-22(35)13-23)34(27(24)36)16-21-8-3-17(14-32)15-33-21/h3-8,11-12,15,22-23,35,37H,9-10,13,16H2,1-2H3. The molecule has 1 saturated carbocycles. The van der Waals surface area contributed by atoms with Gasteiger partial charge in [0.1, 0.15) is 11.9 Å². The molecule has 3 unspecified atom stereocenters. The highest BCUT2D eigenvalue weighted by atomic mass is 35.5. The fourth-order valence-electron chi connectivity index (χ4n) is 5.26. The van der Waals surface area contributed by atoms with Crippen LogP contribution in [0.4, 0.5) is 4.39 Å². The average Bonchev–Trinajstić information content (AvgIpc) is 3.39. The van der Waals surface area contributed by atoms with E-state index in [9.17, 15) is 15.0 Å². The van der Waals surface area contributed by atoms with Crippen molar-refractivity contribution in [2.45, 2.75) is 63.2 Å². The van der Waals surface area contributed by atoms with E-state index in [2.05, 4.69) is 4.98 Å². The van der Waals surface area contributed by atoms with Gasteiger partial charge in [0.2, 0.25) is 5.72 Å². The topological polar surface area (TPSA) is 107 Å². The molecule has 1 aromatic heterocycles. The molecule has 5 rings (SSSR count). The number of nitriles is 1. The molecule has 1 amide bonds. The largest absolute Gasteiger partial charge is 0.393 e. The first-order valence-corrected chi connectivity index (χ1v) is 12.8. The maximum absolute atomic E-state index is 16.2. The Morgan fingerprint density at radius 1 is 1.24 bits per heavy atom. The number of rotatable bonds is 6. The summed E-state index contributed by atoms with van der Waals surface area (Å²) in [4.78, 5) is 19.9. The first-order chi connectivity index (χ1) is 18.0. The zero-order valence-corrected chi connectivity index (χ0v) is 21.7. The van der Waals surface area contributed by atoms with E-state index in [1.54, 1.807) is 36.4 Å². The van der Waals surface area contributed by atoms with Crippen LogP contribution in [-0.4, -0.2) is 38.2 Å². The zero-order chi connectivity index (χ0) is 27.2. The van der Waals surface area contributed by atoms with Crippen molar-refractivity contribution in [1.82, 2.24) is 9.88 Å². The monoisotopic (exact) mass is 535 g/mol.